The van der Waals surface area contributed by atoms with Gasteiger partial charge < -0.3 is 30.2 Å². The van der Waals surface area contributed by atoms with Crippen LogP contribution in [0.2, 0.25) is 0 Å². The first-order valence-electron chi connectivity index (χ1n) is 20.7. The van der Waals surface area contributed by atoms with Gasteiger partial charge in [0, 0.05) is 63.5 Å². The van der Waals surface area contributed by atoms with Crippen LogP contribution in [-0.2, 0) is 31.2 Å². The number of anilines is 2. The molecular formula is C46H60N4O8S4. The maximum Gasteiger partial charge on any atom is 0.252 e. The summed E-state index contributed by atoms with van der Waals surface area (Å²) in [7, 11) is -6.92. The van der Waals surface area contributed by atoms with Crippen LogP contribution in [0.25, 0.3) is 0 Å². The van der Waals surface area contributed by atoms with Crippen LogP contribution in [0.1, 0.15) is 77.6 Å². The highest BCUT2D eigenvalue weighted by Crippen LogP contribution is 2.31. The number of benzene rings is 2. The van der Waals surface area contributed by atoms with Crippen LogP contribution in [0, 0.1) is 35.5 Å². The van der Waals surface area contributed by atoms with Gasteiger partial charge >= 0.3 is 0 Å². The van der Waals surface area contributed by atoms with Gasteiger partial charge in [0.05, 0.1) is 22.6 Å². The van der Waals surface area contributed by atoms with Crippen LogP contribution in [0.5, 0.6) is 0 Å². The van der Waals surface area contributed by atoms with Crippen molar-refractivity contribution >= 4 is 54.1 Å². The normalized spacial score (nSPS) is 16.8. The van der Waals surface area contributed by atoms with Crippen molar-refractivity contribution in [3.8, 4) is 23.7 Å². The van der Waals surface area contributed by atoms with Gasteiger partial charge in [-0.1, -0.05) is 75.6 Å². The zero-order valence-corrected chi connectivity index (χ0v) is 40.0. The van der Waals surface area contributed by atoms with Crippen molar-refractivity contribution in [2.24, 2.45) is 11.8 Å². The zero-order chi connectivity index (χ0) is 45.6. The summed E-state index contributed by atoms with van der Waals surface area (Å²) in [6.45, 7) is 18.2. The fourth-order valence-electron chi connectivity index (χ4n) is 6.64. The monoisotopic (exact) mass is 924 g/mol. The van der Waals surface area contributed by atoms with E-state index < -0.39 is 43.5 Å². The van der Waals surface area contributed by atoms with Gasteiger partial charge in [-0.15, -0.1) is 22.7 Å². The van der Waals surface area contributed by atoms with Crippen molar-refractivity contribution in [3.05, 3.63) is 93.7 Å². The van der Waals surface area contributed by atoms with Gasteiger partial charge in [-0.2, -0.15) is 8.61 Å². The third-order valence-electron chi connectivity index (χ3n) is 10.7. The van der Waals surface area contributed by atoms with Crippen molar-refractivity contribution in [2.75, 3.05) is 62.2 Å². The highest BCUT2D eigenvalue weighted by molar-refractivity contribution is 7.91. The van der Waals surface area contributed by atoms with Crippen molar-refractivity contribution in [2.45, 2.75) is 87.2 Å². The van der Waals surface area contributed by atoms with Crippen LogP contribution < -0.4 is 9.80 Å². The lowest BCUT2D eigenvalue weighted by Crippen LogP contribution is -2.48. The molecule has 4 heterocycles. The van der Waals surface area contributed by atoms with Gasteiger partial charge in [-0.25, -0.2) is 16.8 Å². The number of rotatable bonds is 10. The molecule has 2 aliphatic rings. The molecule has 2 aliphatic heterocycles. The number of thiophene rings is 2. The molecule has 0 bridgehead atoms. The minimum absolute atomic E-state index is 0.0134. The summed E-state index contributed by atoms with van der Waals surface area (Å²) in [6, 6.07) is 18.0. The summed E-state index contributed by atoms with van der Waals surface area (Å²) in [5, 5.41) is 44.6. The van der Waals surface area contributed by atoms with Gasteiger partial charge in [0.1, 0.15) is 20.6 Å². The molecule has 4 aromatic rings. The molecule has 0 saturated carbocycles. The van der Waals surface area contributed by atoms with E-state index in [2.05, 4.69) is 33.5 Å². The van der Waals surface area contributed by atoms with Gasteiger partial charge in [0.2, 0.25) is 0 Å². The zero-order valence-electron chi connectivity index (χ0n) is 36.7. The van der Waals surface area contributed by atoms with Crippen LogP contribution in [-0.4, -0.2) is 110 Å². The smallest absolute Gasteiger partial charge is 0.252 e. The van der Waals surface area contributed by atoms with E-state index in [0.717, 1.165) is 22.5 Å². The van der Waals surface area contributed by atoms with Crippen molar-refractivity contribution in [3.63, 3.8) is 0 Å². The fraction of sp³-hybridized carbons (Fsp3) is 0.478. The molecule has 16 heteroatoms. The molecule has 0 unspecified atom stereocenters. The first kappa shape index (κ1) is 49.2. The molecular weight excluding hydrogens is 865 g/mol. The molecule has 2 aromatic carbocycles. The molecule has 0 amide bonds. The Morgan fingerprint density at radius 1 is 0.565 bits per heavy atom. The molecule has 2 aromatic heterocycles. The lowest BCUT2D eigenvalue weighted by atomic mass is 9.95. The number of hydrogen-bond acceptors (Lipinski definition) is 12. The van der Waals surface area contributed by atoms with Gasteiger partial charge in [0.25, 0.3) is 20.0 Å². The summed E-state index contributed by atoms with van der Waals surface area (Å²) in [5.41, 5.74) is 2.63. The minimum atomic E-state index is -3.46. The molecule has 62 heavy (non-hydrogen) atoms. The number of piperazine rings is 2. The quantitative estimate of drug-likeness (QED) is 0.145. The van der Waals surface area contributed by atoms with Crippen LogP contribution in [0.3, 0.4) is 0 Å². The number of aliphatic hydroxyl groups excluding tert-OH is 2. The first-order chi connectivity index (χ1) is 29.0. The Kier molecular flexibility index (Phi) is 16.2. The summed E-state index contributed by atoms with van der Waals surface area (Å²) in [4.78, 5) is 4.22. The Bertz CT molecular complexity index is 2280. The molecule has 0 spiro atoms. The molecule has 6 rings (SSSR count). The highest BCUT2D eigenvalue weighted by atomic mass is 32.3. The Morgan fingerprint density at radius 3 is 1.18 bits per heavy atom. The Morgan fingerprint density at radius 2 is 0.903 bits per heavy atom. The molecule has 336 valence electrons. The second kappa shape index (κ2) is 20.4. The molecule has 12 nitrogen and oxygen atoms in total. The van der Waals surface area contributed by atoms with Crippen molar-refractivity contribution in [1.29, 1.82) is 0 Å². The summed E-state index contributed by atoms with van der Waals surface area (Å²) in [5.74, 6) is 12.0. The van der Waals surface area contributed by atoms with Gasteiger partial charge in [-0.05, 0) is 97.8 Å². The number of nitrogens with zero attached hydrogens (tertiary/aromatic N) is 4. The third-order valence-corrected chi connectivity index (χ3v) is 17.3. The average Bonchev–Trinajstić information content (AvgIpc) is 3.99. The lowest BCUT2D eigenvalue weighted by Gasteiger charge is -2.36. The highest BCUT2D eigenvalue weighted by Gasteiger charge is 2.32. The van der Waals surface area contributed by atoms with Crippen LogP contribution >= 0.6 is 22.7 Å². The predicted molar refractivity (Wildman–Crippen MR) is 249 cm³/mol. The van der Waals surface area contributed by atoms with Crippen LogP contribution in [0.15, 0.2) is 79.8 Å². The van der Waals surface area contributed by atoms with Crippen molar-refractivity contribution in [1.82, 2.24) is 8.61 Å². The molecule has 0 radical (unpaired) electrons. The Labute approximate surface area is 376 Å². The van der Waals surface area contributed by atoms with Gasteiger partial charge in [0.15, 0.2) is 0 Å². The van der Waals surface area contributed by atoms with E-state index in [1.165, 1.54) is 31.3 Å². The number of sulfonamides is 2. The van der Waals surface area contributed by atoms with E-state index in [0.29, 0.717) is 71.9 Å². The molecule has 0 aliphatic carbocycles. The standard InChI is InChI=1S/2C23H30N2O4S2/c2*1-17(2)21(26)10-7-18-16-19(23(3,4)27)8-9-20(18)24-11-13-25(14-12-24)31(28,29)22-6-5-15-30-22/h2*5-6,8-9,15-17,21,26-27H,11-14H2,1-4H3/t2*21-/m10/s1. The van der Waals surface area contributed by atoms with Crippen molar-refractivity contribution < 1.29 is 37.3 Å². The molecule has 4 N–H and O–H groups in total. The molecule has 2 saturated heterocycles. The summed E-state index contributed by atoms with van der Waals surface area (Å²) < 4.78 is 55.0. The summed E-state index contributed by atoms with van der Waals surface area (Å²) in [6.07, 6.45) is -1.49. The Hall–Kier alpha value is -3.78. The number of aliphatic hydroxyl groups is 4. The van der Waals surface area contributed by atoms with E-state index in [1.807, 2.05) is 64.1 Å². The Balaban J connectivity index is 0.000000234. The largest absolute Gasteiger partial charge is 0.386 e. The predicted octanol–water partition coefficient (Wildman–Crippen LogP) is 5.71. The van der Waals surface area contributed by atoms with Crippen LogP contribution in [0.4, 0.5) is 11.4 Å². The number of hydrogen-bond donors (Lipinski definition) is 4. The fourth-order valence-corrected chi connectivity index (χ4v) is 11.8. The average molecular weight is 925 g/mol. The van der Waals surface area contributed by atoms with Gasteiger partial charge in [-0.3, -0.25) is 0 Å². The summed E-state index contributed by atoms with van der Waals surface area (Å²) >= 11 is 2.46. The second-order valence-electron chi connectivity index (χ2n) is 17.1. The molecule has 2 fully saturated rings. The van der Waals surface area contributed by atoms with E-state index in [1.54, 1.807) is 62.7 Å². The lowest BCUT2D eigenvalue weighted by molar-refractivity contribution is 0.0780. The maximum atomic E-state index is 12.8. The van der Waals surface area contributed by atoms with E-state index in [4.69, 9.17) is 0 Å². The topological polar surface area (TPSA) is 162 Å². The SMILES string of the molecule is CC(C)[C@@H](O)C#Cc1cc(C(C)(C)O)ccc1N1CCN(S(=O)(=O)c2cccs2)CC1.CC(C)[C@H](O)C#Cc1cc(C(C)(C)O)ccc1N1CCN(S(=O)(=O)c2cccs2)CC1. The van der Waals surface area contributed by atoms with E-state index in [-0.39, 0.29) is 11.8 Å². The van der Waals surface area contributed by atoms with E-state index >= 15 is 0 Å². The van der Waals surface area contributed by atoms with E-state index in [9.17, 15) is 37.3 Å². The first-order valence-corrected chi connectivity index (χ1v) is 25.3. The third kappa shape index (κ3) is 12.3. The second-order valence-corrected chi connectivity index (χ2v) is 23.4. The minimum Gasteiger partial charge on any atom is -0.386 e. The molecule has 2 atom stereocenters. The maximum absolute atomic E-state index is 12.8.